The normalized spacial score (nSPS) is 13.1. The first-order valence-electron chi connectivity index (χ1n) is 6.94. The van der Waals surface area contributed by atoms with Crippen molar-refractivity contribution in [3.8, 4) is 0 Å². The van der Waals surface area contributed by atoms with Crippen LogP contribution in [0.2, 0.25) is 0 Å². The summed E-state index contributed by atoms with van der Waals surface area (Å²) in [4.78, 5) is 3.98. The Bertz CT molecular complexity index is 480. The monoisotopic (exact) mass is 283 g/mol. The van der Waals surface area contributed by atoms with Crippen LogP contribution in [0, 0.1) is 0 Å². The molecule has 0 aliphatic heterocycles. The van der Waals surface area contributed by atoms with E-state index in [-0.39, 0.29) is 0 Å². The van der Waals surface area contributed by atoms with E-state index in [0.717, 1.165) is 22.4 Å². The molecular formula is C20H29N. The van der Waals surface area contributed by atoms with Crippen LogP contribution < -0.4 is 0 Å². The highest BCUT2D eigenvalue weighted by molar-refractivity contribution is 5.92. The third kappa shape index (κ3) is 14.1. The summed E-state index contributed by atoms with van der Waals surface area (Å²) in [5.41, 5.74) is 4.38. The summed E-state index contributed by atoms with van der Waals surface area (Å²) in [6.07, 6.45) is 15.5. The zero-order valence-corrected chi connectivity index (χ0v) is 14.2. The van der Waals surface area contributed by atoms with Crippen molar-refractivity contribution in [1.29, 1.82) is 0 Å². The van der Waals surface area contributed by atoms with Crippen molar-refractivity contribution in [3.63, 3.8) is 0 Å². The summed E-state index contributed by atoms with van der Waals surface area (Å²) in [5.74, 6) is 0. The maximum absolute atomic E-state index is 3.98. The van der Waals surface area contributed by atoms with Crippen LogP contribution in [0.4, 0.5) is 0 Å². The molecule has 1 heteroatoms. The second kappa shape index (κ2) is 14.3. The van der Waals surface area contributed by atoms with Crippen molar-refractivity contribution >= 4 is 5.71 Å². The molecule has 0 spiro atoms. The van der Waals surface area contributed by atoms with Crippen molar-refractivity contribution in [3.05, 3.63) is 85.1 Å². The zero-order chi connectivity index (χ0) is 16.7. The van der Waals surface area contributed by atoms with E-state index in [1.165, 1.54) is 0 Å². The second-order valence-corrected chi connectivity index (χ2v) is 4.48. The Morgan fingerprint density at radius 2 is 1.48 bits per heavy atom. The van der Waals surface area contributed by atoms with Gasteiger partial charge in [-0.15, -0.1) is 0 Å². The molecule has 0 aromatic rings. The maximum atomic E-state index is 3.98. The molecule has 0 unspecified atom stereocenters. The second-order valence-electron chi connectivity index (χ2n) is 4.48. The molecule has 0 aromatic carbocycles. The predicted molar refractivity (Wildman–Crippen MR) is 100 cm³/mol. The quantitative estimate of drug-likeness (QED) is 0.417. The third-order valence-corrected chi connectivity index (χ3v) is 2.51. The Kier molecular flexibility index (Phi) is 14.4. The van der Waals surface area contributed by atoms with E-state index in [0.29, 0.717) is 0 Å². The average molecular weight is 283 g/mol. The molecule has 0 atom stereocenters. The predicted octanol–water partition coefficient (Wildman–Crippen LogP) is 6.02. The topological polar surface area (TPSA) is 12.4 Å². The van der Waals surface area contributed by atoms with E-state index < -0.39 is 0 Å². The van der Waals surface area contributed by atoms with Gasteiger partial charge in [0.05, 0.1) is 0 Å². The summed E-state index contributed by atoms with van der Waals surface area (Å²) in [7, 11) is 1.78. The van der Waals surface area contributed by atoms with Crippen LogP contribution in [-0.2, 0) is 0 Å². The van der Waals surface area contributed by atoms with Crippen LogP contribution in [0.1, 0.15) is 27.7 Å². The van der Waals surface area contributed by atoms with E-state index in [4.69, 9.17) is 0 Å². The first-order chi connectivity index (χ1) is 9.92. The molecule has 0 amide bonds. The molecular weight excluding hydrogens is 254 g/mol. The minimum absolute atomic E-state index is 1.02. The van der Waals surface area contributed by atoms with Gasteiger partial charge in [-0.2, -0.15) is 0 Å². The standard InChI is InChI=1S/C10H15N.C10H14/c1-9(2)7-5-6-8-10(3)11-4;1-5-8-10(7-3)9(4)6-2/h5-8H,1H2,2-4H3;5-8H,2-3H2,1,4H3/b7-5+,8-6-,11-10?;8-5+,10-9+. The van der Waals surface area contributed by atoms with Gasteiger partial charge in [0.15, 0.2) is 0 Å². The Morgan fingerprint density at radius 3 is 1.86 bits per heavy atom. The third-order valence-electron chi connectivity index (χ3n) is 2.51. The van der Waals surface area contributed by atoms with Gasteiger partial charge in [-0.05, 0) is 44.9 Å². The first kappa shape index (κ1) is 21.2. The largest absolute Gasteiger partial charge is 0.293 e. The lowest BCUT2D eigenvalue weighted by Crippen LogP contribution is -1.80. The number of allylic oxidation sites excluding steroid dienone is 11. The molecule has 0 rings (SSSR count). The van der Waals surface area contributed by atoms with E-state index in [9.17, 15) is 0 Å². The molecule has 1 nitrogen and oxygen atoms in total. The van der Waals surface area contributed by atoms with Gasteiger partial charge in [0.1, 0.15) is 0 Å². The van der Waals surface area contributed by atoms with E-state index in [1.807, 2.05) is 76.3 Å². The summed E-state index contributed by atoms with van der Waals surface area (Å²) < 4.78 is 0. The smallest absolute Gasteiger partial charge is 0.0313 e. The molecule has 0 radical (unpaired) electrons. The fraction of sp³-hybridized carbons (Fsp3) is 0.250. The SMILES string of the molecule is C=C(C)/C=C/C=C\C(C)=NC.C=C/C(C)=C(C=C)/C=C/C. The minimum Gasteiger partial charge on any atom is -0.293 e. The van der Waals surface area contributed by atoms with Crippen LogP contribution >= 0.6 is 0 Å². The van der Waals surface area contributed by atoms with Crippen molar-refractivity contribution < 1.29 is 0 Å². The van der Waals surface area contributed by atoms with Crippen LogP contribution in [0.5, 0.6) is 0 Å². The van der Waals surface area contributed by atoms with Crippen LogP contribution in [-0.4, -0.2) is 12.8 Å². The van der Waals surface area contributed by atoms with Crippen LogP contribution in [0.3, 0.4) is 0 Å². The molecule has 114 valence electrons. The highest BCUT2D eigenvalue weighted by Gasteiger charge is 1.86. The number of hydrogen-bond donors (Lipinski definition) is 0. The van der Waals surface area contributed by atoms with Gasteiger partial charge in [0.25, 0.3) is 0 Å². The lowest BCUT2D eigenvalue weighted by Gasteiger charge is -1.95. The summed E-state index contributed by atoms with van der Waals surface area (Å²) in [6.45, 7) is 19.0. The maximum Gasteiger partial charge on any atom is 0.0313 e. The van der Waals surface area contributed by atoms with E-state index >= 15 is 0 Å². The molecule has 21 heavy (non-hydrogen) atoms. The van der Waals surface area contributed by atoms with Crippen molar-refractivity contribution in [1.82, 2.24) is 0 Å². The highest BCUT2D eigenvalue weighted by atomic mass is 14.7. The first-order valence-corrected chi connectivity index (χ1v) is 6.94. The van der Waals surface area contributed by atoms with Crippen molar-refractivity contribution in [2.24, 2.45) is 4.99 Å². The number of nitrogens with zero attached hydrogens (tertiary/aromatic N) is 1. The van der Waals surface area contributed by atoms with Crippen LogP contribution in [0.25, 0.3) is 0 Å². The molecule has 0 N–H and O–H groups in total. The molecule has 0 heterocycles. The fourth-order valence-corrected chi connectivity index (χ4v) is 1.15. The van der Waals surface area contributed by atoms with Gasteiger partial charge in [-0.25, -0.2) is 0 Å². The van der Waals surface area contributed by atoms with Gasteiger partial charge in [-0.1, -0.05) is 67.8 Å². The Hall–Kier alpha value is -2.15. The van der Waals surface area contributed by atoms with E-state index in [1.54, 1.807) is 7.05 Å². The highest BCUT2D eigenvalue weighted by Crippen LogP contribution is 2.06. The van der Waals surface area contributed by atoms with Gasteiger partial charge in [-0.3, -0.25) is 4.99 Å². The Balaban J connectivity index is 0. The summed E-state index contributed by atoms with van der Waals surface area (Å²) in [5, 5.41) is 0. The van der Waals surface area contributed by atoms with Crippen molar-refractivity contribution in [2.45, 2.75) is 27.7 Å². The van der Waals surface area contributed by atoms with Gasteiger partial charge in [0.2, 0.25) is 0 Å². The average Bonchev–Trinajstić information content (AvgIpc) is 2.48. The lowest BCUT2D eigenvalue weighted by molar-refractivity contribution is 1.43. The number of rotatable bonds is 6. The van der Waals surface area contributed by atoms with Gasteiger partial charge in [0, 0.05) is 12.8 Å². The molecule has 0 aliphatic rings. The minimum atomic E-state index is 1.02. The summed E-state index contributed by atoms with van der Waals surface area (Å²) in [6, 6.07) is 0. The molecule has 0 aromatic heterocycles. The van der Waals surface area contributed by atoms with Gasteiger partial charge >= 0.3 is 0 Å². The van der Waals surface area contributed by atoms with Crippen LogP contribution in [0.15, 0.2) is 90.1 Å². The molecule has 0 saturated carbocycles. The number of hydrogen-bond acceptors (Lipinski definition) is 1. The zero-order valence-electron chi connectivity index (χ0n) is 14.2. The van der Waals surface area contributed by atoms with E-state index in [2.05, 4.69) is 24.7 Å². The Morgan fingerprint density at radius 1 is 0.905 bits per heavy atom. The Labute approximate surface area is 131 Å². The lowest BCUT2D eigenvalue weighted by atomic mass is 10.1. The summed E-state index contributed by atoms with van der Waals surface area (Å²) >= 11 is 0. The fourth-order valence-electron chi connectivity index (χ4n) is 1.15. The molecule has 0 aliphatic carbocycles. The number of aliphatic imine (C=N–C) groups is 1. The molecule has 0 saturated heterocycles. The van der Waals surface area contributed by atoms with Gasteiger partial charge < -0.3 is 0 Å². The molecule has 0 fully saturated rings. The molecule has 0 bridgehead atoms. The van der Waals surface area contributed by atoms with Crippen molar-refractivity contribution in [2.75, 3.05) is 7.05 Å².